The molecule has 1 N–H and O–H groups in total. The van der Waals surface area contributed by atoms with Gasteiger partial charge in [-0.1, -0.05) is 20.6 Å². The molecule has 2 aliphatic heterocycles. The van der Waals surface area contributed by atoms with Gasteiger partial charge in [0.25, 0.3) is 0 Å². The number of carbonyl (C=O) groups excluding carboxylic acids is 1. The Bertz CT molecular complexity index is 574. The van der Waals surface area contributed by atoms with Crippen molar-refractivity contribution in [2.45, 2.75) is 12.6 Å². The van der Waals surface area contributed by atoms with Crippen LogP contribution >= 0.6 is 28.3 Å². The monoisotopic (exact) mass is 448 g/mol. The zero-order valence-corrected chi connectivity index (χ0v) is 14.1. The van der Waals surface area contributed by atoms with E-state index in [0.717, 1.165) is 4.90 Å². The van der Waals surface area contributed by atoms with Crippen molar-refractivity contribution in [2.24, 2.45) is 0 Å². The predicted molar refractivity (Wildman–Crippen MR) is 85.8 cm³/mol. The van der Waals surface area contributed by atoms with Crippen LogP contribution in [-0.4, -0.2) is 56.4 Å². The van der Waals surface area contributed by atoms with Crippen molar-refractivity contribution in [3.05, 3.63) is 23.1 Å². The van der Waals surface area contributed by atoms with Crippen LogP contribution in [0.5, 0.6) is 0 Å². The number of hydrogen-bond donors (Lipinski definition) is 1. The molecule has 5 nitrogen and oxygen atoms in total. The third-order valence-corrected chi connectivity index (χ3v) is 7.49. The van der Waals surface area contributed by atoms with Crippen LogP contribution in [0.4, 0.5) is 18.0 Å². The zero-order valence-electron chi connectivity index (χ0n) is 11.1. The molecular weight excluding hydrogens is 436 g/mol. The minimum atomic E-state index is -4.92. The van der Waals surface area contributed by atoms with Crippen LogP contribution in [0.1, 0.15) is 6.42 Å². The Labute approximate surface area is 137 Å². The summed E-state index contributed by atoms with van der Waals surface area (Å²) in [5.74, 6) is -1.86. The molecular formula is C12H12F3IN2O3S. The second kappa shape index (κ2) is 7.02. The summed E-state index contributed by atoms with van der Waals surface area (Å²) >= 11 is -0.699. The van der Waals surface area contributed by atoms with E-state index in [4.69, 9.17) is 5.11 Å². The van der Waals surface area contributed by atoms with Gasteiger partial charge in [0, 0.05) is 19.6 Å². The van der Waals surface area contributed by atoms with Crippen LogP contribution in [0, 0.1) is 0 Å². The molecule has 2 rings (SSSR count). The summed E-state index contributed by atoms with van der Waals surface area (Å²) in [6.45, 7) is 0.226. The number of rotatable bonds is 3. The van der Waals surface area contributed by atoms with Gasteiger partial charge in [0.1, 0.15) is 0 Å². The van der Waals surface area contributed by atoms with Crippen LogP contribution < -0.4 is 0 Å². The van der Waals surface area contributed by atoms with Crippen LogP contribution in [0.25, 0.3) is 0 Å². The van der Waals surface area contributed by atoms with E-state index in [0.29, 0.717) is 15.6 Å². The standard InChI is InChI=1S/C12H12F3IN2O3S/c13-12(14,15)10(19)18(9-3-6-22-16-9)7-8-1-4-17(5-2-8)11(20)21/h1,3,6H,2,4-5,7H2,(H,20,21). The lowest BCUT2D eigenvalue weighted by atomic mass is 10.1. The van der Waals surface area contributed by atoms with E-state index < -0.39 is 37.5 Å². The summed E-state index contributed by atoms with van der Waals surface area (Å²) in [6.07, 6.45) is -2.52. The van der Waals surface area contributed by atoms with E-state index in [-0.39, 0.29) is 19.6 Å². The maximum absolute atomic E-state index is 12.7. The molecule has 0 radical (unpaired) electrons. The number of alkyl halides is 3. The Morgan fingerprint density at radius 3 is 2.64 bits per heavy atom. The van der Waals surface area contributed by atoms with Crippen molar-refractivity contribution in [1.29, 1.82) is 0 Å². The van der Waals surface area contributed by atoms with Gasteiger partial charge in [0.15, 0.2) is 0 Å². The van der Waals surface area contributed by atoms with Crippen molar-refractivity contribution in [3.8, 4) is 0 Å². The summed E-state index contributed by atoms with van der Waals surface area (Å²) in [5.41, 5.74) is 0.650. The van der Waals surface area contributed by atoms with Gasteiger partial charge < -0.3 is 10.0 Å². The van der Waals surface area contributed by atoms with Crippen molar-refractivity contribution in [3.63, 3.8) is 0 Å². The van der Waals surface area contributed by atoms with Gasteiger partial charge >= 0.3 is 18.2 Å². The SMILES string of the molecule is O=C(O)N1CC=C(CN(C(=O)C(F)(F)F)C2=ISC=C2)CC1. The second-order valence-electron chi connectivity index (χ2n) is 4.52. The highest BCUT2D eigenvalue weighted by atomic mass is 127. The number of carboxylic acid groups (broad SMARTS) is 1. The van der Waals surface area contributed by atoms with Gasteiger partial charge in [-0.25, -0.2) is 4.79 Å². The number of nitrogens with zero attached hydrogens (tertiary/aromatic N) is 2. The van der Waals surface area contributed by atoms with E-state index >= 15 is 0 Å². The second-order valence-corrected chi connectivity index (χ2v) is 9.08. The fourth-order valence-electron chi connectivity index (χ4n) is 1.94. The molecule has 0 atom stereocenters. The summed E-state index contributed by atoms with van der Waals surface area (Å²) in [6, 6.07) is 0. The molecule has 0 bridgehead atoms. The fraction of sp³-hybridized carbons (Fsp3) is 0.417. The molecule has 22 heavy (non-hydrogen) atoms. The largest absolute Gasteiger partial charge is 0.471 e. The third-order valence-electron chi connectivity index (χ3n) is 3.06. The van der Waals surface area contributed by atoms with Gasteiger partial charge in [0.05, 0.1) is 3.63 Å². The molecule has 0 unspecified atom stereocenters. The van der Waals surface area contributed by atoms with E-state index in [1.54, 1.807) is 17.6 Å². The highest BCUT2D eigenvalue weighted by molar-refractivity contribution is 14.2. The van der Waals surface area contributed by atoms with Gasteiger partial charge in [0.2, 0.25) is 0 Å². The first-order valence-electron chi connectivity index (χ1n) is 6.17. The van der Waals surface area contributed by atoms with Crippen molar-refractivity contribution < 1.29 is 27.9 Å². The molecule has 0 spiro atoms. The molecule has 0 fully saturated rings. The van der Waals surface area contributed by atoms with E-state index in [9.17, 15) is 22.8 Å². The molecule has 10 heteroatoms. The summed E-state index contributed by atoms with van der Waals surface area (Å²) in [4.78, 5) is 24.4. The minimum absolute atomic E-state index is 0.133. The normalized spacial score (nSPS) is 18.4. The zero-order chi connectivity index (χ0) is 16.3. The number of amides is 2. The van der Waals surface area contributed by atoms with Gasteiger partial charge in [-0.05, 0) is 37.3 Å². The van der Waals surface area contributed by atoms with Crippen molar-refractivity contribution >= 4 is 43.9 Å². The van der Waals surface area contributed by atoms with Crippen molar-refractivity contribution in [1.82, 2.24) is 9.80 Å². The maximum Gasteiger partial charge on any atom is 0.471 e. The molecule has 2 heterocycles. The molecule has 2 aliphatic rings. The Morgan fingerprint density at radius 1 is 1.45 bits per heavy atom. The van der Waals surface area contributed by atoms with Crippen LogP contribution in [0.2, 0.25) is 0 Å². The Kier molecular flexibility index (Phi) is 5.53. The number of carbonyl (C=O) groups is 2. The highest BCUT2D eigenvalue weighted by Crippen LogP contribution is 2.33. The lowest BCUT2D eigenvalue weighted by Gasteiger charge is -2.28. The molecule has 0 saturated heterocycles. The molecule has 122 valence electrons. The average Bonchev–Trinajstić information content (AvgIpc) is 2.97. The first-order chi connectivity index (χ1) is 10.3. The van der Waals surface area contributed by atoms with E-state index in [1.807, 2.05) is 0 Å². The fourth-order valence-corrected chi connectivity index (χ4v) is 6.03. The smallest absolute Gasteiger partial charge is 0.465 e. The molecule has 2 amide bonds. The average molecular weight is 448 g/mol. The first kappa shape index (κ1) is 17.3. The highest BCUT2D eigenvalue weighted by Gasteiger charge is 2.44. The van der Waals surface area contributed by atoms with Gasteiger partial charge in [-0.3, -0.25) is 9.69 Å². The number of halogens is 4. The summed E-state index contributed by atoms with van der Waals surface area (Å²) in [5, 5.41) is 10.5. The molecule has 0 aromatic heterocycles. The maximum atomic E-state index is 12.7. The molecule has 0 saturated carbocycles. The quantitative estimate of drug-likeness (QED) is 0.533. The Balaban J connectivity index is 2.13. The van der Waals surface area contributed by atoms with Crippen molar-refractivity contribution in [2.75, 3.05) is 19.6 Å². The van der Waals surface area contributed by atoms with Gasteiger partial charge in [-0.15, -0.1) is 0 Å². The summed E-state index contributed by atoms with van der Waals surface area (Å²) in [7, 11) is 1.43. The lowest BCUT2D eigenvalue weighted by Crippen LogP contribution is -2.45. The Morgan fingerprint density at radius 2 is 2.18 bits per heavy atom. The van der Waals surface area contributed by atoms with E-state index in [2.05, 4.69) is 0 Å². The molecule has 0 aromatic carbocycles. The lowest BCUT2D eigenvalue weighted by molar-refractivity contribution is -0.180. The predicted octanol–water partition coefficient (Wildman–Crippen LogP) is 2.96. The molecule has 0 aromatic rings. The summed E-state index contributed by atoms with van der Waals surface area (Å²) < 4.78 is 38.7. The third kappa shape index (κ3) is 4.24. The van der Waals surface area contributed by atoms with Crippen LogP contribution in [0.15, 0.2) is 23.1 Å². The van der Waals surface area contributed by atoms with Crippen LogP contribution in [-0.2, 0) is 4.79 Å². The topological polar surface area (TPSA) is 60.9 Å². The number of hydrogen-bond acceptors (Lipinski definition) is 3. The van der Waals surface area contributed by atoms with Crippen LogP contribution in [0.3, 0.4) is 0 Å². The Hall–Kier alpha value is -1.04. The minimum Gasteiger partial charge on any atom is -0.465 e. The molecule has 0 aliphatic carbocycles. The van der Waals surface area contributed by atoms with E-state index in [1.165, 1.54) is 13.8 Å². The van der Waals surface area contributed by atoms with Gasteiger partial charge in [-0.2, -0.15) is 13.2 Å². The first-order valence-corrected chi connectivity index (χ1v) is 10.7.